The van der Waals surface area contributed by atoms with Crippen LogP contribution < -0.4 is 10.6 Å². The topological polar surface area (TPSA) is 79.3 Å². The van der Waals surface area contributed by atoms with Gasteiger partial charge in [0.15, 0.2) is 0 Å². The standard InChI is InChI=1S/C27H32FN5O2/c28-24-9-10-25(33-17-5-14-31-33)23(18-24)19-32-16-4-13-29-26(34)11-8-22(12-15-30-27(35)20-32)21-6-2-1-3-7-21/h1-3,5-7,9-10,14,17-18,22H,4,8,11-13,15-16,19-20H2,(H,29,34)(H,30,35). The molecule has 35 heavy (non-hydrogen) atoms. The maximum absolute atomic E-state index is 14.1. The van der Waals surface area contributed by atoms with Gasteiger partial charge in [0.25, 0.3) is 0 Å². The molecule has 7 nitrogen and oxygen atoms in total. The van der Waals surface area contributed by atoms with Crippen LogP contribution >= 0.6 is 0 Å². The lowest BCUT2D eigenvalue weighted by Crippen LogP contribution is -2.39. The van der Waals surface area contributed by atoms with Gasteiger partial charge < -0.3 is 10.6 Å². The van der Waals surface area contributed by atoms with Gasteiger partial charge >= 0.3 is 0 Å². The van der Waals surface area contributed by atoms with Crippen LogP contribution in [0.4, 0.5) is 4.39 Å². The SMILES string of the molecule is O=C1CCC(c2ccccc2)CCNC(=O)CN(Cc2cc(F)ccc2-n2cccn2)CCCN1. The molecule has 1 unspecified atom stereocenters. The first-order chi connectivity index (χ1) is 17.1. The number of aromatic nitrogens is 2. The Balaban J connectivity index is 1.47. The van der Waals surface area contributed by atoms with Gasteiger partial charge in [-0.2, -0.15) is 5.10 Å². The molecule has 0 saturated carbocycles. The number of hydrogen-bond donors (Lipinski definition) is 2. The first-order valence-corrected chi connectivity index (χ1v) is 12.2. The van der Waals surface area contributed by atoms with E-state index in [1.165, 1.54) is 17.7 Å². The van der Waals surface area contributed by atoms with E-state index < -0.39 is 0 Å². The Labute approximate surface area is 205 Å². The number of nitrogens with one attached hydrogen (secondary N) is 2. The van der Waals surface area contributed by atoms with Gasteiger partial charge in [-0.15, -0.1) is 0 Å². The van der Waals surface area contributed by atoms with Crippen LogP contribution in [0.2, 0.25) is 0 Å². The van der Waals surface area contributed by atoms with E-state index in [4.69, 9.17) is 0 Å². The van der Waals surface area contributed by atoms with E-state index in [0.29, 0.717) is 39.0 Å². The molecule has 2 aromatic carbocycles. The number of hydrogen-bond acceptors (Lipinski definition) is 4. The average molecular weight is 478 g/mol. The highest BCUT2D eigenvalue weighted by Crippen LogP contribution is 2.24. The molecule has 0 aliphatic carbocycles. The summed E-state index contributed by atoms with van der Waals surface area (Å²) in [7, 11) is 0. The molecule has 2 amide bonds. The normalized spacial score (nSPS) is 18.9. The molecule has 1 atom stereocenters. The Morgan fingerprint density at radius 3 is 2.60 bits per heavy atom. The smallest absolute Gasteiger partial charge is 0.234 e. The number of halogens is 1. The van der Waals surface area contributed by atoms with Crippen molar-refractivity contribution >= 4 is 11.8 Å². The molecule has 184 valence electrons. The second-order valence-electron chi connectivity index (χ2n) is 8.92. The monoisotopic (exact) mass is 477 g/mol. The number of carbonyl (C=O) groups excluding carboxylic acids is 2. The van der Waals surface area contributed by atoms with Crippen molar-refractivity contribution in [2.75, 3.05) is 26.2 Å². The summed E-state index contributed by atoms with van der Waals surface area (Å²) in [6, 6.07) is 16.5. The third-order valence-electron chi connectivity index (χ3n) is 6.33. The Kier molecular flexibility index (Phi) is 8.62. The Morgan fingerprint density at radius 1 is 0.971 bits per heavy atom. The summed E-state index contributed by atoms with van der Waals surface area (Å²) in [6.07, 6.45) is 6.13. The van der Waals surface area contributed by atoms with Gasteiger partial charge in [-0.25, -0.2) is 9.07 Å². The summed E-state index contributed by atoms with van der Waals surface area (Å²) in [5, 5.41) is 10.3. The van der Waals surface area contributed by atoms with Crippen molar-refractivity contribution in [3.05, 3.63) is 83.9 Å². The van der Waals surface area contributed by atoms with E-state index in [9.17, 15) is 14.0 Å². The lowest BCUT2D eigenvalue weighted by atomic mass is 9.91. The molecule has 0 spiro atoms. The molecule has 2 heterocycles. The van der Waals surface area contributed by atoms with E-state index >= 15 is 0 Å². The summed E-state index contributed by atoms with van der Waals surface area (Å²) < 4.78 is 15.8. The van der Waals surface area contributed by atoms with Gasteiger partial charge in [0.05, 0.1) is 12.2 Å². The molecular formula is C27H32FN5O2. The van der Waals surface area contributed by atoms with E-state index in [-0.39, 0.29) is 30.1 Å². The van der Waals surface area contributed by atoms with Crippen molar-refractivity contribution in [2.24, 2.45) is 0 Å². The van der Waals surface area contributed by atoms with Crippen LogP contribution in [0, 0.1) is 5.82 Å². The van der Waals surface area contributed by atoms with Crippen LogP contribution in [0.25, 0.3) is 5.69 Å². The molecular weight excluding hydrogens is 445 g/mol. The van der Waals surface area contributed by atoms with Crippen molar-refractivity contribution in [1.29, 1.82) is 0 Å². The fraction of sp³-hybridized carbons (Fsp3) is 0.370. The van der Waals surface area contributed by atoms with Gasteiger partial charge in [0.2, 0.25) is 11.8 Å². The van der Waals surface area contributed by atoms with Crippen LogP contribution in [0.5, 0.6) is 0 Å². The minimum absolute atomic E-state index is 0.0460. The molecule has 3 aromatic rings. The molecule has 1 aliphatic rings. The summed E-state index contributed by atoms with van der Waals surface area (Å²) in [6.45, 7) is 2.24. The zero-order valence-electron chi connectivity index (χ0n) is 19.8. The maximum atomic E-state index is 14.1. The van der Waals surface area contributed by atoms with Crippen LogP contribution in [0.15, 0.2) is 67.0 Å². The molecule has 2 N–H and O–H groups in total. The second-order valence-corrected chi connectivity index (χ2v) is 8.92. The minimum atomic E-state index is -0.332. The van der Waals surface area contributed by atoms with E-state index in [1.807, 2.05) is 35.4 Å². The molecule has 8 heteroatoms. The third-order valence-corrected chi connectivity index (χ3v) is 6.33. The van der Waals surface area contributed by atoms with Crippen molar-refractivity contribution in [3.63, 3.8) is 0 Å². The first-order valence-electron chi connectivity index (χ1n) is 12.2. The molecule has 0 bridgehead atoms. The average Bonchev–Trinajstić information content (AvgIpc) is 3.39. The Hall–Kier alpha value is -3.52. The largest absolute Gasteiger partial charge is 0.356 e. The third kappa shape index (κ3) is 7.23. The van der Waals surface area contributed by atoms with Crippen LogP contribution in [0.1, 0.15) is 42.7 Å². The molecule has 1 saturated heterocycles. The predicted octanol–water partition coefficient (Wildman–Crippen LogP) is 3.40. The van der Waals surface area contributed by atoms with Crippen molar-refractivity contribution in [1.82, 2.24) is 25.3 Å². The van der Waals surface area contributed by atoms with Crippen LogP contribution in [-0.2, 0) is 16.1 Å². The fourth-order valence-corrected chi connectivity index (χ4v) is 4.54. The van der Waals surface area contributed by atoms with E-state index in [2.05, 4.69) is 27.9 Å². The number of amides is 2. The highest BCUT2D eigenvalue weighted by Gasteiger charge is 2.18. The Morgan fingerprint density at radius 2 is 1.80 bits per heavy atom. The highest BCUT2D eigenvalue weighted by atomic mass is 19.1. The summed E-state index contributed by atoms with van der Waals surface area (Å²) in [5.74, 6) is -0.147. The molecule has 4 rings (SSSR count). The van der Waals surface area contributed by atoms with Crippen LogP contribution in [-0.4, -0.2) is 52.7 Å². The fourth-order valence-electron chi connectivity index (χ4n) is 4.54. The van der Waals surface area contributed by atoms with Gasteiger partial charge in [-0.05, 0) is 60.6 Å². The predicted molar refractivity (Wildman–Crippen MR) is 132 cm³/mol. The number of nitrogens with zero attached hydrogens (tertiary/aromatic N) is 3. The lowest BCUT2D eigenvalue weighted by molar-refractivity contribution is -0.123. The lowest BCUT2D eigenvalue weighted by Gasteiger charge is -2.24. The molecule has 1 fully saturated rings. The van der Waals surface area contributed by atoms with Gasteiger partial charge in [0.1, 0.15) is 5.82 Å². The quantitative estimate of drug-likeness (QED) is 0.604. The molecule has 1 aliphatic heterocycles. The van der Waals surface area contributed by atoms with Crippen LogP contribution in [0.3, 0.4) is 0 Å². The summed E-state index contributed by atoms with van der Waals surface area (Å²) in [4.78, 5) is 27.2. The van der Waals surface area contributed by atoms with Gasteiger partial charge in [-0.1, -0.05) is 30.3 Å². The number of benzene rings is 2. The zero-order chi connectivity index (χ0) is 24.5. The first kappa shape index (κ1) is 24.6. The Bertz CT molecular complexity index is 1100. The number of carbonyl (C=O) groups is 2. The minimum Gasteiger partial charge on any atom is -0.356 e. The summed E-state index contributed by atoms with van der Waals surface area (Å²) in [5.41, 5.74) is 2.70. The zero-order valence-corrected chi connectivity index (χ0v) is 19.8. The van der Waals surface area contributed by atoms with E-state index in [0.717, 1.165) is 24.1 Å². The van der Waals surface area contributed by atoms with Crippen molar-refractivity contribution < 1.29 is 14.0 Å². The van der Waals surface area contributed by atoms with Crippen molar-refractivity contribution in [3.8, 4) is 5.69 Å². The second kappa shape index (κ2) is 12.3. The van der Waals surface area contributed by atoms with E-state index in [1.54, 1.807) is 16.9 Å². The maximum Gasteiger partial charge on any atom is 0.234 e. The summed E-state index contributed by atoms with van der Waals surface area (Å²) >= 11 is 0. The van der Waals surface area contributed by atoms with Gasteiger partial charge in [0, 0.05) is 45.0 Å². The van der Waals surface area contributed by atoms with Gasteiger partial charge in [-0.3, -0.25) is 14.5 Å². The molecule has 1 aromatic heterocycles. The molecule has 0 radical (unpaired) electrons. The highest BCUT2D eigenvalue weighted by molar-refractivity contribution is 5.78. The number of rotatable bonds is 4. The van der Waals surface area contributed by atoms with Crippen molar-refractivity contribution in [2.45, 2.75) is 38.1 Å².